The number of aromatic nitrogens is 2. The maximum absolute atomic E-state index is 11.9. The molecule has 0 radical (unpaired) electrons. The second-order valence-electron chi connectivity index (χ2n) is 5.09. The van der Waals surface area contributed by atoms with Gasteiger partial charge >= 0.3 is 0 Å². The van der Waals surface area contributed by atoms with E-state index in [1.807, 2.05) is 18.2 Å². The number of fused-ring (bicyclic) bond motifs is 1. The van der Waals surface area contributed by atoms with Gasteiger partial charge in [0, 0.05) is 10.1 Å². The third-order valence-corrected chi connectivity index (χ3v) is 3.66. The first-order valence-corrected chi connectivity index (χ1v) is 6.80. The van der Waals surface area contributed by atoms with Crippen molar-refractivity contribution in [1.29, 1.82) is 0 Å². The molecule has 0 fully saturated rings. The first kappa shape index (κ1) is 13.0. The zero-order chi connectivity index (χ0) is 13.2. The molecule has 2 rings (SSSR count). The summed E-state index contributed by atoms with van der Waals surface area (Å²) < 4.78 is 0.0946. The van der Waals surface area contributed by atoms with E-state index in [0.29, 0.717) is 5.75 Å². The molecule has 0 saturated heterocycles. The van der Waals surface area contributed by atoms with E-state index < -0.39 is 0 Å². The number of rotatable bonds is 3. The largest absolute Gasteiger partial charge is 0.323 e. The molecule has 0 aliphatic carbocycles. The minimum absolute atomic E-state index is 0.0111. The van der Waals surface area contributed by atoms with Crippen molar-refractivity contribution in [3.63, 3.8) is 0 Å². The van der Waals surface area contributed by atoms with Gasteiger partial charge in [-0.05, 0) is 6.07 Å². The van der Waals surface area contributed by atoms with E-state index >= 15 is 0 Å². The van der Waals surface area contributed by atoms with E-state index in [2.05, 4.69) is 36.3 Å². The molecule has 0 aliphatic heterocycles. The maximum atomic E-state index is 11.9. The molecular formula is C13H17N3OS. The van der Waals surface area contributed by atoms with Crippen molar-refractivity contribution in [3.8, 4) is 0 Å². The van der Waals surface area contributed by atoms with Crippen LogP contribution in [0.2, 0.25) is 0 Å². The van der Waals surface area contributed by atoms with Crippen LogP contribution in [-0.2, 0) is 4.79 Å². The van der Waals surface area contributed by atoms with E-state index in [4.69, 9.17) is 0 Å². The van der Waals surface area contributed by atoms with Crippen LogP contribution in [-0.4, -0.2) is 26.6 Å². The fourth-order valence-corrected chi connectivity index (χ4v) is 2.18. The van der Waals surface area contributed by atoms with Crippen molar-refractivity contribution >= 4 is 34.3 Å². The fraction of sp³-hybridized carbons (Fsp3) is 0.385. The van der Waals surface area contributed by atoms with Gasteiger partial charge in [0.05, 0.1) is 23.2 Å². The number of carbonyl (C=O) groups excluding carboxylic acids is 1. The highest BCUT2D eigenvalue weighted by molar-refractivity contribution is 8.01. The average Bonchev–Trinajstić information content (AvgIpc) is 2.74. The van der Waals surface area contributed by atoms with E-state index in [-0.39, 0.29) is 10.7 Å². The highest BCUT2D eigenvalue weighted by atomic mass is 32.2. The Hall–Kier alpha value is -1.49. The molecule has 96 valence electrons. The quantitative estimate of drug-likeness (QED) is 0.895. The van der Waals surface area contributed by atoms with Crippen molar-refractivity contribution in [2.24, 2.45) is 0 Å². The van der Waals surface area contributed by atoms with E-state index in [1.54, 1.807) is 18.0 Å². The van der Waals surface area contributed by atoms with Gasteiger partial charge in [-0.2, -0.15) is 5.10 Å². The van der Waals surface area contributed by atoms with Crippen LogP contribution in [0, 0.1) is 0 Å². The van der Waals surface area contributed by atoms with E-state index in [0.717, 1.165) is 16.6 Å². The van der Waals surface area contributed by atoms with Gasteiger partial charge < -0.3 is 5.32 Å². The molecule has 0 saturated carbocycles. The maximum Gasteiger partial charge on any atom is 0.234 e. The van der Waals surface area contributed by atoms with Crippen LogP contribution in [0.15, 0.2) is 24.4 Å². The Morgan fingerprint density at radius 1 is 1.44 bits per heavy atom. The number of thioether (sulfide) groups is 1. The van der Waals surface area contributed by atoms with Crippen LogP contribution in [0.5, 0.6) is 0 Å². The number of hydrogen-bond acceptors (Lipinski definition) is 3. The van der Waals surface area contributed by atoms with Gasteiger partial charge in [-0.15, -0.1) is 11.8 Å². The Bertz CT molecular complexity index is 557. The molecule has 1 amide bonds. The van der Waals surface area contributed by atoms with Crippen molar-refractivity contribution < 1.29 is 4.79 Å². The third-order valence-electron chi connectivity index (χ3n) is 2.39. The molecule has 18 heavy (non-hydrogen) atoms. The summed E-state index contributed by atoms with van der Waals surface area (Å²) in [4.78, 5) is 11.9. The van der Waals surface area contributed by atoms with Gasteiger partial charge in [0.2, 0.25) is 5.91 Å². The molecule has 0 bridgehead atoms. The molecule has 0 spiro atoms. The monoisotopic (exact) mass is 263 g/mol. The number of hydrogen-bond donors (Lipinski definition) is 2. The van der Waals surface area contributed by atoms with E-state index in [1.165, 1.54) is 0 Å². The summed E-state index contributed by atoms with van der Waals surface area (Å²) in [5, 5.41) is 10.8. The SMILES string of the molecule is CC(C)(C)SCC(=O)Nc1cccc2cn[nH]c12. The summed E-state index contributed by atoms with van der Waals surface area (Å²) in [5.41, 5.74) is 1.65. The Kier molecular flexibility index (Phi) is 3.61. The minimum Gasteiger partial charge on any atom is -0.323 e. The fourth-order valence-electron chi connectivity index (χ4n) is 1.54. The minimum atomic E-state index is 0.0111. The molecule has 0 atom stereocenters. The van der Waals surface area contributed by atoms with Gasteiger partial charge in [0.15, 0.2) is 0 Å². The lowest BCUT2D eigenvalue weighted by molar-refractivity contribution is -0.113. The zero-order valence-corrected chi connectivity index (χ0v) is 11.6. The molecule has 1 aromatic heterocycles. The first-order chi connectivity index (χ1) is 8.46. The zero-order valence-electron chi connectivity index (χ0n) is 10.8. The van der Waals surface area contributed by atoms with Crippen molar-refractivity contribution in [1.82, 2.24) is 10.2 Å². The lowest BCUT2D eigenvalue weighted by Crippen LogP contribution is -2.19. The molecule has 0 unspecified atom stereocenters. The lowest BCUT2D eigenvalue weighted by atomic mass is 10.2. The summed E-state index contributed by atoms with van der Waals surface area (Å²) in [5.74, 6) is 0.464. The van der Waals surface area contributed by atoms with Crippen LogP contribution < -0.4 is 5.32 Å². The highest BCUT2D eigenvalue weighted by Gasteiger charge is 2.14. The predicted octanol–water partition coefficient (Wildman–Crippen LogP) is 3.03. The number of nitrogens with one attached hydrogen (secondary N) is 2. The molecular weight excluding hydrogens is 246 g/mol. The molecule has 2 N–H and O–H groups in total. The molecule has 4 nitrogen and oxygen atoms in total. The Labute approximate surface area is 111 Å². The second kappa shape index (κ2) is 5.02. The third kappa shape index (κ3) is 3.26. The average molecular weight is 263 g/mol. The summed E-state index contributed by atoms with van der Waals surface area (Å²) in [6.45, 7) is 6.29. The van der Waals surface area contributed by atoms with Gasteiger partial charge in [-0.1, -0.05) is 32.9 Å². The number of aromatic amines is 1. The molecule has 1 aromatic carbocycles. The van der Waals surface area contributed by atoms with Crippen LogP contribution in [0.3, 0.4) is 0 Å². The number of anilines is 1. The van der Waals surface area contributed by atoms with Crippen LogP contribution >= 0.6 is 11.8 Å². The van der Waals surface area contributed by atoms with Crippen LogP contribution in [0.25, 0.3) is 10.9 Å². The molecule has 0 aliphatic rings. The van der Waals surface area contributed by atoms with E-state index in [9.17, 15) is 4.79 Å². The number of para-hydroxylation sites is 1. The predicted molar refractivity (Wildman–Crippen MR) is 76.9 cm³/mol. The lowest BCUT2D eigenvalue weighted by Gasteiger charge is -2.17. The van der Waals surface area contributed by atoms with Crippen molar-refractivity contribution in [3.05, 3.63) is 24.4 Å². The summed E-state index contributed by atoms with van der Waals surface area (Å²) >= 11 is 1.63. The molecule has 5 heteroatoms. The smallest absolute Gasteiger partial charge is 0.234 e. The Morgan fingerprint density at radius 2 is 2.22 bits per heavy atom. The second-order valence-corrected chi connectivity index (χ2v) is 6.89. The normalized spacial score (nSPS) is 11.7. The van der Waals surface area contributed by atoms with Gasteiger partial charge in [-0.25, -0.2) is 0 Å². The summed E-state index contributed by atoms with van der Waals surface area (Å²) in [6, 6.07) is 5.74. The van der Waals surface area contributed by atoms with Crippen molar-refractivity contribution in [2.75, 3.05) is 11.1 Å². The molecule has 1 heterocycles. The summed E-state index contributed by atoms with van der Waals surface area (Å²) in [6.07, 6.45) is 1.74. The van der Waals surface area contributed by atoms with Gasteiger partial charge in [0.25, 0.3) is 0 Å². The topological polar surface area (TPSA) is 57.8 Å². The van der Waals surface area contributed by atoms with Crippen molar-refractivity contribution in [2.45, 2.75) is 25.5 Å². The number of nitrogens with zero attached hydrogens (tertiary/aromatic N) is 1. The number of carbonyl (C=O) groups is 1. The summed E-state index contributed by atoms with van der Waals surface area (Å²) in [7, 11) is 0. The first-order valence-electron chi connectivity index (χ1n) is 5.81. The number of H-pyrrole nitrogens is 1. The standard InChI is InChI=1S/C13H17N3OS/c1-13(2,3)18-8-11(17)15-10-6-4-5-9-7-14-16-12(9)10/h4-7H,8H2,1-3H3,(H,14,16)(H,15,17). The highest BCUT2D eigenvalue weighted by Crippen LogP contribution is 2.24. The molecule has 2 aromatic rings. The van der Waals surface area contributed by atoms with Gasteiger partial charge in [-0.3, -0.25) is 9.89 Å². The Morgan fingerprint density at radius 3 is 2.94 bits per heavy atom. The Balaban J connectivity index is 2.05. The van der Waals surface area contributed by atoms with Gasteiger partial charge in [0.1, 0.15) is 0 Å². The number of amides is 1. The van der Waals surface area contributed by atoms with Crippen LogP contribution in [0.1, 0.15) is 20.8 Å². The van der Waals surface area contributed by atoms with Crippen LogP contribution in [0.4, 0.5) is 5.69 Å². The number of benzene rings is 1.